The zero-order valence-electron chi connectivity index (χ0n) is 12.3. The summed E-state index contributed by atoms with van der Waals surface area (Å²) in [5.41, 5.74) is 1.26. The lowest BCUT2D eigenvalue weighted by atomic mass is 10.0. The third-order valence-electron chi connectivity index (χ3n) is 2.93. The van der Waals surface area contributed by atoms with Gasteiger partial charge in [0, 0.05) is 0 Å². The average molecular weight is 264 g/mol. The van der Waals surface area contributed by atoms with Gasteiger partial charge in [-0.2, -0.15) is 0 Å². The van der Waals surface area contributed by atoms with Crippen molar-refractivity contribution in [1.29, 1.82) is 0 Å². The molecule has 0 unspecified atom stereocenters. The molecule has 106 valence electrons. The molecule has 0 aliphatic heterocycles. The maximum atomic E-state index is 11.7. The molecule has 0 fully saturated rings. The Bertz CT molecular complexity index is 381. The van der Waals surface area contributed by atoms with Crippen LogP contribution >= 0.6 is 0 Å². The summed E-state index contributed by atoms with van der Waals surface area (Å²) in [4.78, 5) is 11.7. The highest BCUT2D eigenvalue weighted by atomic mass is 16.6. The van der Waals surface area contributed by atoms with E-state index >= 15 is 0 Å². The van der Waals surface area contributed by atoms with E-state index in [1.807, 2.05) is 24.3 Å². The maximum absolute atomic E-state index is 11.7. The summed E-state index contributed by atoms with van der Waals surface area (Å²) >= 11 is 0. The van der Waals surface area contributed by atoms with Crippen molar-refractivity contribution in [3.05, 3.63) is 29.8 Å². The third-order valence-corrected chi connectivity index (χ3v) is 2.93. The van der Waals surface area contributed by atoms with Crippen LogP contribution in [-0.2, 0) is 9.53 Å². The Morgan fingerprint density at radius 1 is 1.16 bits per heavy atom. The Morgan fingerprint density at radius 2 is 1.79 bits per heavy atom. The molecule has 1 aromatic rings. The fourth-order valence-corrected chi connectivity index (χ4v) is 1.62. The quantitative estimate of drug-likeness (QED) is 0.553. The number of hydrogen-bond acceptors (Lipinski definition) is 3. The Balaban J connectivity index is 2.47. The Morgan fingerprint density at radius 3 is 2.32 bits per heavy atom. The van der Waals surface area contributed by atoms with Crippen LogP contribution in [0.2, 0.25) is 0 Å². The van der Waals surface area contributed by atoms with Gasteiger partial charge >= 0.3 is 5.97 Å². The molecule has 1 aromatic carbocycles. The van der Waals surface area contributed by atoms with Gasteiger partial charge in [-0.05, 0) is 37.0 Å². The van der Waals surface area contributed by atoms with E-state index in [1.54, 1.807) is 6.92 Å². The fourth-order valence-electron chi connectivity index (χ4n) is 1.62. The number of esters is 1. The van der Waals surface area contributed by atoms with E-state index < -0.39 is 6.10 Å². The normalized spacial score (nSPS) is 12.3. The number of hydrogen-bond donors (Lipinski definition) is 0. The van der Waals surface area contributed by atoms with Crippen LogP contribution in [0.4, 0.5) is 0 Å². The van der Waals surface area contributed by atoms with Gasteiger partial charge in [0.2, 0.25) is 0 Å². The van der Waals surface area contributed by atoms with Crippen LogP contribution in [0.5, 0.6) is 5.75 Å². The summed E-state index contributed by atoms with van der Waals surface area (Å²) in [5, 5.41) is 0. The van der Waals surface area contributed by atoms with Gasteiger partial charge in [-0.3, -0.25) is 0 Å². The molecule has 0 heterocycles. The lowest BCUT2D eigenvalue weighted by molar-refractivity contribution is -0.151. The predicted molar refractivity (Wildman–Crippen MR) is 76.5 cm³/mol. The highest BCUT2D eigenvalue weighted by Crippen LogP contribution is 2.19. The first-order valence-corrected chi connectivity index (χ1v) is 6.97. The molecule has 0 saturated heterocycles. The second kappa shape index (κ2) is 7.82. The van der Waals surface area contributed by atoms with Crippen molar-refractivity contribution < 1.29 is 14.3 Å². The van der Waals surface area contributed by atoms with Crippen molar-refractivity contribution in [3.8, 4) is 5.75 Å². The van der Waals surface area contributed by atoms with Crippen LogP contribution < -0.4 is 4.74 Å². The molecule has 0 saturated carbocycles. The molecule has 3 nitrogen and oxygen atoms in total. The minimum absolute atomic E-state index is 0.304. The van der Waals surface area contributed by atoms with Crippen molar-refractivity contribution in [2.75, 3.05) is 6.61 Å². The van der Waals surface area contributed by atoms with Gasteiger partial charge < -0.3 is 9.47 Å². The molecule has 0 radical (unpaired) electrons. The zero-order chi connectivity index (χ0) is 14.3. The second-order valence-electron chi connectivity index (χ2n) is 5.00. The smallest absolute Gasteiger partial charge is 0.347 e. The molecule has 1 rings (SSSR count). The summed E-state index contributed by atoms with van der Waals surface area (Å²) in [6.45, 7) is 8.52. The summed E-state index contributed by atoms with van der Waals surface area (Å²) < 4.78 is 10.7. The van der Waals surface area contributed by atoms with E-state index in [4.69, 9.17) is 9.47 Å². The molecule has 0 aliphatic carbocycles. The highest BCUT2D eigenvalue weighted by Gasteiger charge is 2.16. The van der Waals surface area contributed by atoms with Gasteiger partial charge in [-0.25, -0.2) is 4.79 Å². The first kappa shape index (κ1) is 15.5. The number of benzene rings is 1. The maximum Gasteiger partial charge on any atom is 0.347 e. The highest BCUT2D eigenvalue weighted by molar-refractivity contribution is 5.74. The van der Waals surface area contributed by atoms with Crippen LogP contribution in [0.3, 0.4) is 0 Å². The minimum atomic E-state index is -0.568. The molecule has 0 bridgehead atoms. The number of carbonyl (C=O) groups is 1. The lowest BCUT2D eigenvalue weighted by Gasteiger charge is -2.14. The molecule has 0 spiro atoms. The molecular weight excluding hydrogens is 240 g/mol. The largest absolute Gasteiger partial charge is 0.479 e. The zero-order valence-corrected chi connectivity index (χ0v) is 12.3. The number of rotatable bonds is 7. The number of ether oxygens (including phenoxy) is 2. The molecule has 3 heteroatoms. The van der Waals surface area contributed by atoms with Gasteiger partial charge in [0.15, 0.2) is 6.10 Å². The van der Waals surface area contributed by atoms with E-state index in [-0.39, 0.29) is 5.97 Å². The monoisotopic (exact) mass is 264 g/mol. The molecule has 0 aliphatic rings. The Hall–Kier alpha value is -1.51. The molecule has 19 heavy (non-hydrogen) atoms. The summed E-state index contributed by atoms with van der Waals surface area (Å²) in [7, 11) is 0. The van der Waals surface area contributed by atoms with Crippen LogP contribution in [-0.4, -0.2) is 18.7 Å². The van der Waals surface area contributed by atoms with Gasteiger partial charge in [-0.1, -0.05) is 39.3 Å². The Kier molecular flexibility index (Phi) is 6.40. The minimum Gasteiger partial charge on any atom is -0.479 e. The number of carbonyl (C=O) groups excluding carboxylic acids is 1. The first-order chi connectivity index (χ1) is 9.04. The molecular formula is C16H24O3. The SMILES string of the molecule is CCCCOC(=O)[C@@H](C)Oc1ccc(C(C)C)cc1. The average Bonchev–Trinajstić information content (AvgIpc) is 2.39. The number of unbranched alkanes of at least 4 members (excludes halogenated alkanes) is 1. The van der Waals surface area contributed by atoms with Gasteiger partial charge in [0.1, 0.15) is 5.75 Å². The summed E-state index contributed by atoms with van der Waals surface area (Å²) in [6.07, 6.45) is 1.34. The van der Waals surface area contributed by atoms with Crippen LogP contribution in [0.15, 0.2) is 24.3 Å². The predicted octanol–water partition coefficient (Wildman–Crippen LogP) is 3.92. The van der Waals surface area contributed by atoms with E-state index in [0.29, 0.717) is 18.3 Å². The summed E-state index contributed by atoms with van der Waals surface area (Å²) in [5.74, 6) is 0.885. The fraction of sp³-hybridized carbons (Fsp3) is 0.562. The van der Waals surface area contributed by atoms with Gasteiger partial charge in [-0.15, -0.1) is 0 Å². The molecule has 0 aromatic heterocycles. The Labute approximate surface area is 115 Å². The first-order valence-electron chi connectivity index (χ1n) is 6.97. The second-order valence-corrected chi connectivity index (χ2v) is 5.00. The lowest BCUT2D eigenvalue weighted by Crippen LogP contribution is -2.26. The van der Waals surface area contributed by atoms with E-state index in [1.165, 1.54) is 5.56 Å². The molecule has 1 atom stereocenters. The third kappa shape index (κ3) is 5.33. The van der Waals surface area contributed by atoms with Gasteiger partial charge in [0.05, 0.1) is 6.61 Å². The van der Waals surface area contributed by atoms with Crippen molar-refractivity contribution in [2.45, 2.75) is 52.6 Å². The van der Waals surface area contributed by atoms with Crippen LogP contribution in [0, 0.1) is 0 Å². The van der Waals surface area contributed by atoms with Crippen molar-refractivity contribution in [2.24, 2.45) is 0 Å². The van der Waals surface area contributed by atoms with Crippen molar-refractivity contribution in [1.82, 2.24) is 0 Å². The topological polar surface area (TPSA) is 35.5 Å². The molecule has 0 N–H and O–H groups in total. The van der Waals surface area contributed by atoms with Crippen LogP contribution in [0.1, 0.15) is 52.0 Å². The van der Waals surface area contributed by atoms with E-state index in [9.17, 15) is 4.79 Å². The van der Waals surface area contributed by atoms with Crippen molar-refractivity contribution >= 4 is 5.97 Å². The van der Waals surface area contributed by atoms with E-state index in [2.05, 4.69) is 20.8 Å². The van der Waals surface area contributed by atoms with Crippen LogP contribution in [0.25, 0.3) is 0 Å². The van der Waals surface area contributed by atoms with Gasteiger partial charge in [0.25, 0.3) is 0 Å². The summed E-state index contributed by atoms with van der Waals surface area (Å²) in [6, 6.07) is 7.83. The van der Waals surface area contributed by atoms with Crippen molar-refractivity contribution in [3.63, 3.8) is 0 Å². The standard InChI is InChI=1S/C16H24O3/c1-5-6-11-18-16(17)13(4)19-15-9-7-14(8-10-15)12(2)3/h7-10,12-13H,5-6,11H2,1-4H3/t13-/m1/s1. The molecule has 0 amide bonds. The van der Waals surface area contributed by atoms with E-state index in [0.717, 1.165) is 12.8 Å².